The first kappa shape index (κ1) is 14.1. The second-order valence-electron chi connectivity index (χ2n) is 5.81. The summed E-state index contributed by atoms with van der Waals surface area (Å²) in [4.78, 5) is 8.62. The second-order valence-corrected chi connectivity index (χ2v) is 5.81. The van der Waals surface area contributed by atoms with E-state index in [2.05, 4.69) is 30.6 Å². The standard InChI is InChI=1S/C15H19N7O/c1-22-15-11(8-20-22)14(17-9-18-15)16-7-10-3-2-6-23-13(10)12-4-5-19-21-12/h4-5,8-10,13H,2-3,6-7H2,1H3,(H,19,21)(H,16,17,18)/t10-,13+/m0/s1. The predicted molar refractivity (Wildman–Crippen MR) is 84.8 cm³/mol. The Morgan fingerprint density at radius 2 is 2.39 bits per heavy atom. The van der Waals surface area contributed by atoms with Gasteiger partial charge in [-0.2, -0.15) is 10.2 Å². The van der Waals surface area contributed by atoms with Gasteiger partial charge in [0.1, 0.15) is 18.2 Å². The van der Waals surface area contributed by atoms with Crippen molar-refractivity contribution in [2.75, 3.05) is 18.5 Å². The van der Waals surface area contributed by atoms with E-state index < -0.39 is 0 Å². The maximum absolute atomic E-state index is 5.95. The Kier molecular flexibility index (Phi) is 3.66. The molecule has 2 atom stereocenters. The third kappa shape index (κ3) is 2.65. The molecule has 0 aromatic carbocycles. The zero-order valence-electron chi connectivity index (χ0n) is 12.9. The molecule has 1 saturated heterocycles. The highest BCUT2D eigenvalue weighted by Crippen LogP contribution is 2.33. The first-order valence-corrected chi connectivity index (χ1v) is 7.80. The van der Waals surface area contributed by atoms with Crippen LogP contribution >= 0.6 is 0 Å². The van der Waals surface area contributed by atoms with Crippen LogP contribution in [0.2, 0.25) is 0 Å². The molecule has 4 heterocycles. The Morgan fingerprint density at radius 1 is 1.43 bits per heavy atom. The van der Waals surface area contributed by atoms with Crippen LogP contribution < -0.4 is 5.32 Å². The number of fused-ring (bicyclic) bond motifs is 1. The molecule has 8 heteroatoms. The van der Waals surface area contributed by atoms with E-state index in [1.165, 1.54) is 0 Å². The normalized spacial score (nSPS) is 21.6. The molecule has 0 aliphatic carbocycles. The largest absolute Gasteiger partial charge is 0.372 e. The number of rotatable bonds is 4. The third-order valence-electron chi connectivity index (χ3n) is 4.33. The molecule has 0 bridgehead atoms. The molecule has 120 valence electrons. The number of anilines is 1. The summed E-state index contributed by atoms with van der Waals surface area (Å²) < 4.78 is 7.70. The number of H-pyrrole nitrogens is 1. The second kappa shape index (κ2) is 5.96. The van der Waals surface area contributed by atoms with Gasteiger partial charge >= 0.3 is 0 Å². The van der Waals surface area contributed by atoms with Crippen molar-refractivity contribution in [3.05, 3.63) is 30.5 Å². The van der Waals surface area contributed by atoms with Crippen LogP contribution in [0, 0.1) is 5.92 Å². The molecule has 4 rings (SSSR count). The van der Waals surface area contributed by atoms with Crippen LogP contribution in [0.3, 0.4) is 0 Å². The number of hydrogen-bond donors (Lipinski definition) is 2. The first-order valence-electron chi connectivity index (χ1n) is 7.80. The Labute approximate surface area is 133 Å². The quantitative estimate of drug-likeness (QED) is 0.761. The number of aryl methyl sites for hydroxylation is 1. The van der Waals surface area contributed by atoms with Gasteiger partial charge in [0.15, 0.2) is 5.65 Å². The molecule has 8 nitrogen and oxygen atoms in total. The van der Waals surface area contributed by atoms with Crippen LogP contribution in [0.1, 0.15) is 24.6 Å². The van der Waals surface area contributed by atoms with Crippen LogP contribution in [-0.4, -0.2) is 43.1 Å². The van der Waals surface area contributed by atoms with E-state index >= 15 is 0 Å². The monoisotopic (exact) mass is 313 g/mol. The lowest BCUT2D eigenvalue weighted by Crippen LogP contribution is -2.28. The molecule has 0 radical (unpaired) electrons. The van der Waals surface area contributed by atoms with Gasteiger partial charge in [-0.05, 0) is 18.9 Å². The summed E-state index contributed by atoms with van der Waals surface area (Å²) in [6.07, 6.45) is 7.35. The lowest BCUT2D eigenvalue weighted by Gasteiger charge is -2.31. The molecule has 1 aliphatic heterocycles. The van der Waals surface area contributed by atoms with Gasteiger partial charge in [-0.25, -0.2) is 9.97 Å². The number of aromatic nitrogens is 6. The number of ether oxygens (including phenoxy) is 1. The number of aromatic amines is 1. The Hall–Kier alpha value is -2.48. The van der Waals surface area contributed by atoms with Gasteiger partial charge in [-0.3, -0.25) is 9.78 Å². The zero-order chi connectivity index (χ0) is 15.6. The Morgan fingerprint density at radius 3 is 3.26 bits per heavy atom. The lowest BCUT2D eigenvalue weighted by molar-refractivity contribution is -0.0263. The predicted octanol–water partition coefficient (Wildman–Crippen LogP) is 1.67. The maximum Gasteiger partial charge on any atom is 0.163 e. The molecular weight excluding hydrogens is 294 g/mol. The van der Waals surface area contributed by atoms with Crippen molar-refractivity contribution in [3.63, 3.8) is 0 Å². The van der Waals surface area contributed by atoms with Crippen LogP contribution in [0.15, 0.2) is 24.8 Å². The number of hydrogen-bond acceptors (Lipinski definition) is 6. The average molecular weight is 313 g/mol. The number of nitrogens with zero attached hydrogens (tertiary/aromatic N) is 5. The Balaban J connectivity index is 1.52. The first-order chi connectivity index (χ1) is 11.3. The van der Waals surface area contributed by atoms with Crippen molar-refractivity contribution in [2.24, 2.45) is 13.0 Å². The van der Waals surface area contributed by atoms with Gasteiger partial charge < -0.3 is 10.1 Å². The van der Waals surface area contributed by atoms with Crippen molar-refractivity contribution in [2.45, 2.75) is 18.9 Å². The summed E-state index contributed by atoms with van der Waals surface area (Å²) in [5.41, 5.74) is 1.86. The van der Waals surface area contributed by atoms with Crippen LogP contribution in [-0.2, 0) is 11.8 Å². The lowest BCUT2D eigenvalue weighted by atomic mass is 9.92. The molecule has 3 aromatic rings. The smallest absolute Gasteiger partial charge is 0.163 e. The highest BCUT2D eigenvalue weighted by Gasteiger charge is 2.28. The van der Waals surface area contributed by atoms with Crippen molar-refractivity contribution in [3.8, 4) is 0 Å². The van der Waals surface area contributed by atoms with Crippen LogP contribution in [0.25, 0.3) is 11.0 Å². The van der Waals surface area contributed by atoms with Gasteiger partial charge in [-0.1, -0.05) is 0 Å². The minimum absolute atomic E-state index is 0.0463. The summed E-state index contributed by atoms with van der Waals surface area (Å²) in [5, 5.41) is 15.7. The highest BCUT2D eigenvalue weighted by molar-refractivity contribution is 5.85. The van der Waals surface area contributed by atoms with Crippen LogP contribution in [0.4, 0.5) is 5.82 Å². The molecular formula is C15H19N7O. The average Bonchev–Trinajstić information content (AvgIpc) is 3.24. The molecule has 0 unspecified atom stereocenters. The topological polar surface area (TPSA) is 93.5 Å². The van der Waals surface area contributed by atoms with E-state index in [0.29, 0.717) is 5.92 Å². The molecule has 1 fully saturated rings. The van der Waals surface area contributed by atoms with Gasteiger partial charge in [-0.15, -0.1) is 0 Å². The van der Waals surface area contributed by atoms with Crippen molar-refractivity contribution in [1.29, 1.82) is 0 Å². The van der Waals surface area contributed by atoms with Crippen molar-refractivity contribution >= 4 is 16.9 Å². The third-order valence-corrected chi connectivity index (χ3v) is 4.33. The summed E-state index contributed by atoms with van der Waals surface area (Å²) in [6, 6.07) is 1.98. The summed E-state index contributed by atoms with van der Waals surface area (Å²) >= 11 is 0. The van der Waals surface area contributed by atoms with Crippen molar-refractivity contribution < 1.29 is 4.74 Å². The van der Waals surface area contributed by atoms with Gasteiger partial charge in [0, 0.05) is 32.3 Å². The summed E-state index contributed by atoms with van der Waals surface area (Å²) in [5.74, 6) is 1.18. The van der Waals surface area contributed by atoms with E-state index in [9.17, 15) is 0 Å². The van der Waals surface area contributed by atoms with Gasteiger partial charge in [0.05, 0.1) is 17.3 Å². The maximum atomic E-state index is 5.95. The molecule has 2 N–H and O–H groups in total. The SMILES string of the molecule is Cn1ncc2c(NC[C@@H]3CCCO[C@H]3c3ccn[nH]3)ncnc21. The fourth-order valence-corrected chi connectivity index (χ4v) is 3.15. The zero-order valence-corrected chi connectivity index (χ0v) is 12.9. The molecule has 0 amide bonds. The Bertz CT molecular complexity index is 782. The van der Waals surface area contributed by atoms with Gasteiger partial charge in [0.25, 0.3) is 0 Å². The van der Waals surface area contributed by atoms with E-state index in [4.69, 9.17) is 4.74 Å². The fraction of sp³-hybridized carbons (Fsp3) is 0.467. The minimum Gasteiger partial charge on any atom is -0.372 e. The molecule has 0 saturated carbocycles. The molecule has 0 spiro atoms. The summed E-state index contributed by atoms with van der Waals surface area (Å²) in [6.45, 7) is 1.57. The van der Waals surface area contributed by atoms with E-state index in [1.807, 2.05) is 13.1 Å². The molecule has 23 heavy (non-hydrogen) atoms. The van der Waals surface area contributed by atoms with Gasteiger partial charge in [0.2, 0.25) is 0 Å². The van der Waals surface area contributed by atoms with Crippen LogP contribution in [0.5, 0.6) is 0 Å². The fourth-order valence-electron chi connectivity index (χ4n) is 3.15. The van der Waals surface area contributed by atoms with E-state index in [0.717, 1.165) is 48.5 Å². The van der Waals surface area contributed by atoms with E-state index in [-0.39, 0.29) is 6.10 Å². The van der Waals surface area contributed by atoms with E-state index in [1.54, 1.807) is 23.4 Å². The minimum atomic E-state index is 0.0463. The number of nitrogens with one attached hydrogen (secondary N) is 2. The molecule has 3 aromatic heterocycles. The summed E-state index contributed by atoms with van der Waals surface area (Å²) in [7, 11) is 1.88. The molecule has 1 aliphatic rings. The van der Waals surface area contributed by atoms with Crippen molar-refractivity contribution in [1.82, 2.24) is 29.9 Å². The highest BCUT2D eigenvalue weighted by atomic mass is 16.5.